The Morgan fingerprint density at radius 3 is 3.11 bits per heavy atom. The Bertz CT molecular complexity index is 403. The predicted octanol–water partition coefficient (Wildman–Crippen LogP) is 2.57. The lowest BCUT2D eigenvalue weighted by atomic mass is 10.1. The number of benzene rings is 1. The standard InChI is InChI=1S/C14H18ClNO2/c15-12-4-1-3-11(9-12)10-14(17)16-7-6-13-5-2-8-18-13/h1,3-4,9,13H,2,5-8,10H2,(H,16,17). The number of hydrogen-bond acceptors (Lipinski definition) is 2. The van der Waals surface area contributed by atoms with Crippen molar-refractivity contribution in [3.63, 3.8) is 0 Å². The number of rotatable bonds is 5. The number of hydrogen-bond donors (Lipinski definition) is 1. The van der Waals surface area contributed by atoms with E-state index in [0.29, 0.717) is 24.1 Å². The molecule has 0 aliphatic carbocycles. The lowest BCUT2D eigenvalue weighted by molar-refractivity contribution is -0.120. The van der Waals surface area contributed by atoms with Crippen molar-refractivity contribution >= 4 is 17.5 Å². The maximum Gasteiger partial charge on any atom is 0.224 e. The fraction of sp³-hybridized carbons (Fsp3) is 0.500. The topological polar surface area (TPSA) is 38.3 Å². The molecule has 98 valence electrons. The minimum atomic E-state index is 0.0373. The van der Waals surface area contributed by atoms with Gasteiger partial charge in [0.2, 0.25) is 5.91 Å². The molecule has 1 aromatic rings. The maximum atomic E-state index is 11.7. The van der Waals surface area contributed by atoms with Crippen LogP contribution in [0.25, 0.3) is 0 Å². The molecule has 1 N–H and O–H groups in total. The second-order valence-electron chi connectivity index (χ2n) is 4.58. The van der Waals surface area contributed by atoms with Crippen LogP contribution < -0.4 is 5.32 Å². The van der Waals surface area contributed by atoms with Crippen molar-refractivity contribution in [2.24, 2.45) is 0 Å². The minimum absolute atomic E-state index is 0.0373. The second-order valence-corrected chi connectivity index (χ2v) is 5.02. The van der Waals surface area contributed by atoms with Gasteiger partial charge >= 0.3 is 0 Å². The van der Waals surface area contributed by atoms with E-state index < -0.39 is 0 Å². The van der Waals surface area contributed by atoms with E-state index in [1.54, 1.807) is 6.07 Å². The van der Waals surface area contributed by atoms with Gasteiger partial charge in [0.05, 0.1) is 12.5 Å². The molecule has 1 aliphatic rings. The highest BCUT2D eigenvalue weighted by Gasteiger charge is 2.15. The summed E-state index contributed by atoms with van der Waals surface area (Å²) in [6, 6.07) is 7.39. The first-order valence-corrected chi connectivity index (χ1v) is 6.74. The summed E-state index contributed by atoms with van der Waals surface area (Å²) in [6.45, 7) is 1.55. The largest absolute Gasteiger partial charge is 0.378 e. The molecule has 2 rings (SSSR count). The van der Waals surface area contributed by atoms with Crippen molar-refractivity contribution in [2.75, 3.05) is 13.2 Å². The van der Waals surface area contributed by atoms with Crippen LogP contribution in [0.15, 0.2) is 24.3 Å². The molecule has 1 aliphatic heterocycles. The molecule has 1 atom stereocenters. The average molecular weight is 268 g/mol. The summed E-state index contributed by atoms with van der Waals surface area (Å²) in [6.07, 6.45) is 3.87. The third kappa shape index (κ3) is 4.31. The van der Waals surface area contributed by atoms with Gasteiger partial charge < -0.3 is 10.1 Å². The van der Waals surface area contributed by atoms with Gasteiger partial charge in [0.25, 0.3) is 0 Å². The van der Waals surface area contributed by atoms with Crippen LogP contribution in [0.3, 0.4) is 0 Å². The zero-order valence-corrected chi connectivity index (χ0v) is 11.1. The van der Waals surface area contributed by atoms with Crippen molar-refractivity contribution in [2.45, 2.75) is 31.8 Å². The van der Waals surface area contributed by atoms with E-state index in [1.165, 1.54) is 0 Å². The van der Waals surface area contributed by atoms with Gasteiger partial charge in [-0.3, -0.25) is 4.79 Å². The van der Waals surface area contributed by atoms with Gasteiger partial charge in [-0.15, -0.1) is 0 Å². The molecule has 1 heterocycles. The minimum Gasteiger partial charge on any atom is -0.378 e. The van der Waals surface area contributed by atoms with Crippen LogP contribution in [0.1, 0.15) is 24.8 Å². The first kappa shape index (κ1) is 13.4. The summed E-state index contributed by atoms with van der Waals surface area (Å²) in [5.74, 6) is 0.0373. The van der Waals surface area contributed by atoms with Gasteiger partial charge in [0.15, 0.2) is 0 Å². The molecule has 0 aromatic heterocycles. The van der Waals surface area contributed by atoms with Gasteiger partial charge in [0.1, 0.15) is 0 Å². The first-order valence-electron chi connectivity index (χ1n) is 6.37. The lowest BCUT2D eigenvalue weighted by Gasteiger charge is -2.10. The molecule has 1 aromatic carbocycles. The van der Waals surface area contributed by atoms with E-state index in [0.717, 1.165) is 31.4 Å². The quantitative estimate of drug-likeness (QED) is 0.890. The summed E-state index contributed by atoms with van der Waals surface area (Å²) in [5.41, 5.74) is 0.942. The van der Waals surface area contributed by atoms with E-state index in [1.807, 2.05) is 18.2 Å². The van der Waals surface area contributed by atoms with Crippen LogP contribution in [-0.4, -0.2) is 25.2 Å². The highest BCUT2D eigenvalue weighted by molar-refractivity contribution is 6.30. The maximum absolute atomic E-state index is 11.7. The molecule has 1 fully saturated rings. The van der Waals surface area contributed by atoms with Crippen molar-refractivity contribution < 1.29 is 9.53 Å². The van der Waals surface area contributed by atoms with Crippen molar-refractivity contribution in [3.8, 4) is 0 Å². The fourth-order valence-electron chi connectivity index (χ4n) is 2.14. The number of nitrogens with one attached hydrogen (secondary N) is 1. The Labute approximate surface area is 112 Å². The van der Waals surface area contributed by atoms with Crippen LogP contribution in [-0.2, 0) is 16.0 Å². The molecular formula is C14H18ClNO2. The number of carbonyl (C=O) groups is 1. The van der Waals surface area contributed by atoms with Crippen LogP contribution in [0.2, 0.25) is 5.02 Å². The third-order valence-corrected chi connectivity index (χ3v) is 3.30. The van der Waals surface area contributed by atoms with E-state index in [9.17, 15) is 4.79 Å². The van der Waals surface area contributed by atoms with Crippen LogP contribution in [0.5, 0.6) is 0 Å². The Kier molecular flexibility index (Phi) is 5.02. The molecular weight excluding hydrogens is 250 g/mol. The van der Waals surface area contributed by atoms with Gasteiger partial charge in [-0.2, -0.15) is 0 Å². The molecule has 1 amide bonds. The van der Waals surface area contributed by atoms with Gasteiger partial charge in [0, 0.05) is 18.2 Å². The first-order chi connectivity index (χ1) is 8.74. The van der Waals surface area contributed by atoms with E-state index in [4.69, 9.17) is 16.3 Å². The zero-order valence-electron chi connectivity index (χ0n) is 10.3. The van der Waals surface area contributed by atoms with E-state index in [2.05, 4.69) is 5.32 Å². The Balaban J connectivity index is 1.68. The summed E-state index contributed by atoms with van der Waals surface area (Å²) in [4.78, 5) is 11.7. The van der Waals surface area contributed by atoms with Crippen LogP contribution >= 0.6 is 11.6 Å². The zero-order chi connectivity index (χ0) is 12.8. The summed E-state index contributed by atoms with van der Waals surface area (Å²) >= 11 is 5.87. The van der Waals surface area contributed by atoms with Gasteiger partial charge in [-0.05, 0) is 37.0 Å². The SMILES string of the molecule is O=C(Cc1cccc(Cl)c1)NCCC1CCCO1. The number of carbonyl (C=O) groups excluding carboxylic acids is 1. The molecule has 0 radical (unpaired) electrons. The molecule has 0 spiro atoms. The molecule has 1 unspecified atom stereocenters. The monoisotopic (exact) mass is 267 g/mol. The van der Waals surface area contributed by atoms with Gasteiger partial charge in [-0.1, -0.05) is 23.7 Å². The summed E-state index contributed by atoms with van der Waals surface area (Å²) < 4.78 is 5.50. The smallest absolute Gasteiger partial charge is 0.224 e. The second kappa shape index (κ2) is 6.76. The highest BCUT2D eigenvalue weighted by atomic mass is 35.5. The predicted molar refractivity (Wildman–Crippen MR) is 71.8 cm³/mol. The molecule has 4 heteroatoms. The third-order valence-electron chi connectivity index (χ3n) is 3.07. The Hall–Kier alpha value is -1.06. The fourth-order valence-corrected chi connectivity index (χ4v) is 2.35. The van der Waals surface area contributed by atoms with E-state index in [-0.39, 0.29) is 5.91 Å². The number of halogens is 1. The number of amides is 1. The highest BCUT2D eigenvalue weighted by Crippen LogP contribution is 2.14. The molecule has 3 nitrogen and oxygen atoms in total. The Morgan fingerprint density at radius 2 is 2.39 bits per heavy atom. The molecule has 18 heavy (non-hydrogen) atoms. The Morgan fingerprint density at radius 1 is 1.50 bits per heavy atom. The number of ether oxygens (including phenoxy) is 1. The normalized spacial score (nSPS) is 18.8. The summed E-state index contributed by atoms with van der Waals surface area (Å²) in [5, 5.41) is 3.58. The molecule has 1 saturated heterocycles. The average Bonchev–Trinajstić information content (AvgIpc) is 2.82. The van der Waals surface area contributed by atoms with Crippen molar-refractivity contribution in [1.82, 2.24) is 5.32 Å². The van der Waals surface area contributed by atoms with Gasteiger partial charge in [-0.25, -0.2) is 0 Å². The van der Waals surface area contributed by atoms with Crippen LogP contribution in [0, 0.1) is 0 Å². The lowest BCUT2D eigenvalue weighted by Crippen LogP contribution is -2.28. The molecule has 0 saturated carbocycles. The van der Waals surface area contributed by atoms with Crippen LogP contribution in [0.4, 0.5) is 0 Å². The van der Waals surface area contributed by atoms with E-state index >= 15 is 0 Å². The van der Waals surface area contributed by atoms with Crippen molar-refractivity contribution in [1.29, 1.82) is 0 Å². The molecule has 0 bridgehead atoms. The summed E-state index contributed by atoms with van der Waals surface area (Å²) in [7, 11) is 0. The van der Waals surface area contributed by atoms with Crippen molar-refractivity contribution in [3.05, 3.63) is 34.9 Å².